The zero-order valence-electron chi connectivity index (χ0n) is 10.2. The van der Waals surface area contributed by atoms with E-state index in [9.17, 15) is 9.59 Å². The van der Waals surface area contributed by atoms with Crippen LogP contribution in [0.2, 0.25) is 0 Å². The van der Waals surface area contributed by atoms with E-state index in [0.717, 1.165) is 0 Å². The number of amides is 2. The SMILES string of the molecule is CNC(=O)c1ccc(NC(=O)c2cc(N)n[nH]2)cc1. The standard InChI is InChI=1S/C12H13N5O2/c1-14-11(18)7-2-4-8(5-3-7)15-12(19)9-6-10(13)17-16-9/h2-6H,1H3,(H,14,18)(H,15,19)(H3,13,16,17). The summed E-state index contributed by atoms with van der Waals surface area (Å²) in [5.74, 6) is -0.281. The molecule has 1 aromatic heterocycles. The lowest BCUT2D eigenvalue weighted by molar-refractivity contribution is 0.0962. The van der Waals surface area contributed by atoms with E-state index < -0.39 is 0 Å². The number of hydrogen-bond donors (Lipinski definition) is 4. The maximum Gasteiger partial charge on any atom is 0.273 e. The van der Waals surface area contributed by atoms with E-state index in [4.69, 9.17) is 5.73 Å². The van der Waals surface area contributed by atoms with Crippen LogP contribution in [0.5, 0.6) is 0 Å². The molecule has 7 heteroatoms. The highest BCUT2D eigenvalue weighted by Gasteiger charge is 2.09. The third-order valence-electron chi connectivity index (χ3n) is 2.47. The molecule has 0 aliphatic carbocycles. The highest BCUT2D eigenvalue weighted by atomic mass is 16.2. The van der Waals surface area contributed by atoms with E-state index in [1.54, 1.807) is 31.3 Å². The fourth-order valence-corrected chi connectivity index (χ4v) is 1.50. The van der Waals surface area contributed by atoms with Crippen LogP contribution in [-0.2, 0) is 0 Å². The number of carbonyl (C=O) groups excluding carboxylic acids is 2. The fraction of sp³-hybridized carbons (Fsp3) is 0.0833. The van der Waals surface area contributed by atoms with Crippen LogP contribution in [0, 0.1) is 0 Å². The number of nitrogens with zero attached hydrogens (tertiary/aromatic N) is 1. The molecule has 1 heterocycles. The van der Waals surface area contributed by atoms with Crippen LogP contribution in [0.15, 0.2) is 30.3 Å². The summed E-state index contributed by atoms with van der Waals surface area (Å²) in [4.78, 5) is 23.1. The molecule has 98 valence electrons. The first-order valence-corrected chi connectivity index (χ1v) is 5.54. The van der Waals surface area contributed by atoms with Gasteiger partial charge in [-0.05, 0) is 24.3 Å². The van der Waals surface area contributed by atoms with Crippen molar-refractivity contribution >= 4 is 23.3 Å². The Morgan fingerprint density at radius 1 is 1.21 bits per heavy atom. The number of nitrogen functional groups attached to an aromatic ring is 1. The molecule has 2 rings (SSSR count). The monoisotopic (exact) mass is 259 g/mol. The Labute approximate surface area is 109 Å². The van der Waals surface area contributed by atoms with Crippen molar-refractivity contribution in [2.75, 3.05) is 18.1 Å². The summed E-state index contributed by atoms with van der Waals surface area (Å²) in [6.07, 6.45) is 0. The maximum absolute atomic E-state index is 11.8. The highest BCUT2D eigenvalue weighted by Crippen LogP contribution is 2.11. The lowest BCUT2D eigenvalue weighted by Gasteiger charge is -2.04. The lowest BCUT2D eigenvalue weighted by atomic mass is 10.2. The van der Waals surface area contributed by atoms with Crippen molar-refractivity contribution in [2.45, 2.75) is 0 Å². The molecule has 0 unspecified atom stereocenters. The smallest absolute Gasteiger partial charge is 0.273 e. The molecular weight excluding hydrogens is 246 g/mol. The summed E-state index contributed by atoms with van der Waals surface area (Å²) in [5, 5.41) is 11.4. The van der Waals surface area contributed by atoms with Crippen LogP contribution in [0.1, 0.15) is 20.8 Å². The summed E-state index contributed by atoms with van der Waals surface area (Å²) >= 11 is 0. The van der Waals surface area contributed by atoms with Gasteiger partial charge in [-0.1, -0.05) is 0 Å². The Balaban J connectivity index is 2.07. The molecule has 0 bridgehead atoms. The largest absolute Gasteiger partial charge is 0.382 e. The van der Waals surface area contributed by atoms with Crippen molar-refractivity contribution in [3.05, 3.63) is 41.6 Å². The number of nitrogens with one attached hydrogen (secondary N) is 3. The molecule has 2 amide bonds. The van der Waals surface area contributed by atoms with Crippen molar-refractivity contribution < 1.29 is 9.59 Å². The first kappa shape index (κ1) is 12.6. The number of aromatic amines is 1. The molecule has 5 N–H and O–H groups in total. The third kappa shape index (κ3) is 2.89. The molecule has 0 spiro atoms. The molecule has 0 saturated carbocycles. The van der Waals surface area contributed by atoms with Crippen molar-refractivity contribution in [3.63, 3.8) is 0 Å². The van der Waals surface area contributed by atoms with Crippen LogP contribution in [0.4, 0.5) is 11.5 Å². The Morgan fingerprint density at radius 2 is 1.89 bits per heavy atom. The second kappa shape index (κ2) is 5.21. The molecule has 0 fully saturated rings. The van der Waals surface area contributed by atoms with Crippen LogP contribution >= 0.6 is 0 Å². The zero-order valence-corrected chi connectivity index (χ0v) is 10.2. The molecule has 19 heavy (non-hydrogen) atoms. The summed E-state index contributed by atoms with van der Waals surface area (Å²) in [6, 6.07) is 7.96. The number of rotatable bonds is 3. The van der Waals surface area contributed by atoms with E-state index in [-0.39, 0.29) is 23.3 Å². The quantitative estimate of drug-likeness (QED) is 0.646. The molecule has 0 atom stereocenters. The molecule has 2 aromatic rings. The Kier molecular flexibility index (Phi) is 3.46. The van der Waals surface area contributed by atoms with Crippen LogP contribution in [-0.4, -0.2) is 29.1 Å². The van der Waals surface area contributed by atoms with Gasteiger partial charge in [0.25, 0.3) is 11.8 Å². The van der Waals surface area contributed by atoms with Gasteiger partial charge < -0.3 is 16.4 Å². The van der Waals surface area contributed by atoms with Gasteiger partial charge in [-0.3, -0.25) is 14.7 Å². The number of carbonyl (C=O) groups is 2. The average molecular weight is 259 g/mol. The van der Waals surface area contributed by atoms with Gasteiger partial charge in [0.15, 0.2) is 0 Å². The van der Waals surface area contributed by atoms with E-state index in [1.165, 1.54) is 6.07 Å². The number of aromatic nitrogens is 2. The summed E-state index contributed by atoms with van der Waals surface area (Å²) in [6.45, 7) is 0. The van der Waals surface area contributed by atoms with Gasteiger partial charge in [0.05, 0.1) is 0 Å². The summed E-state index contributed by atoms with van der Waals surface area (Å²) in [7, 11) is 1.56. The first-order valence-electron chi connectivity index (χ1n) is 5.54. The number of nitrogens with two attached hydrogens (primary N) is 1. The molecule has 0 saturated heterocycles. The van der Waals surface area contributed by atoms with E-state index in [2.05, 4.69) is 20.8 Å². The van der Waals surface area contributed by atoms with Gasteiger partial charge in [0, 0.05) is 24.4 Å². The van der Waals surface area contributed by atoms with Crippen LogP contribution < -0.4 is 16.4 Å². The normalized spacial score (nSPS) is 9.95. The van der Waals surface area contributed by atoms with Gasteiger partial charge in [-0.15, -0.1) is 0 Å². The van der Waals surface area contributed by atoms with Crippen molar-refractivity contribution in [1.82, 2.24) is 15.5 Å². The summed E-state index contributed by atoms with van der Waals surface area (Å²) < 4.78 is 0. The van der Waals surface area contributed by atoms with Gasteiger partial charge in [0.2, 0.25) is 0 Å². The van der Waals surface area contributed by atoms with Gasteiger partial charge in [0.1, 0.15) is 11.5 Å². The molecule has 1 aromatic carbocycles. The maximum atomic E-state index is 11.8. The van der Waals surface area contributed by atoms with Crippen molar-refractivity contribution in [3.8, 4) is 0 Å². The lowest BCUT2D eigenvalue weighted by Crippen LogP contribution is -2.18. The number of hydrogen-bond acceptors (Lipinski definition) is 4. The van der Waals surface area contributed by atoms with E-state index >= 15 is 0 Å². The van der Waals surface area contributed by atoms with E-state index in [1.807, 2.05) is 0 Å². The molecule has 0 radical (unpaired) electrons. The first-order chi connectivity index (χ1) is 9.10. The molecular formula is C12H13N5O2. The average Bonchev–Trinajstić information content (AvgIpc) is 2.85. The second-order valence-electron chi connectivity index (χ2n) is 3.82. The Bertz CT molecular complexity index is 603. The molecule has 0 aliphatic rings. The minimum atomic E-state index is -0.350. The minimum absolute atomic E-state index is 0.181. The minimum Gasteiger partial charge on any atom is -0.382 e. The van der Waals surface area contributed by atoms with Gasteiger partial charge >= 0.3 is 0 Å². The predicted molar refractivity (Wildman–Crippen MR) is 70.8 cm³/mol. The zero-order chi connectivity index (χ0) is 13.8. The predicted octanol–water partition coefficient (Wildman–Crippen LogP) is 0.604. The summed E-state index contributed by atoms with van der Waals surface area (Å²) in [5.41, 5.74) is 6.78. The Hall–Kier alpha value is -2.83. The number of H-pyrrole nitrogens is 1. The van der Waals surface area contributed by atoms with Crippen LogP contribution in [0.25, 0.3) is 0 Å². The molecule has 7 nitrogen and oxygen atoms in total. The topological polar surface area (TPSA) is 113 Å². The van der Waals surface area contributed by atoms with Gasteiger partial charge in [-0.25, -0.2) is 0 Å². The Morgan fingerprint density at radius 3 is 2.42 bits per heavy atom. The number of benzene rings is 1. The second-order valence-corrected chi connectivity index (χ2v) is 3.82. The third-order valence-corrected chi connectivity index (χ3v) is 2.47. The van der Waals surface area contributed by atoms with Crippen molar-refractivity contribution in [2.24, 2.45) is 0 Å². The van der Waals surface area contributed by atoms with Crippen LogP contribution in [0.3, 0.4) is 0 Å². The van der Waals surface area contributed by atoms with E-state index in [0.29, 0.717) is 11.3 Å². The highest BCUT2D eigenvalue weighted by molar-refractivity contribution is 6.03. The number of anilines is 2. The van der Waals surface area contributed by atoms with Gasteiger partial charge in [-0.2, -0.15) is 5.10 Å². The fourth-order valence-electron chi connectivity index (χ4n) is 1.50. The van der Waals surface area contributed by atoms with Crippen molar-refractivity contribution in [1.29, 1.82) is 0 Å². The molecule has 0 aliphatic heterocycles.